The lowest BCUT2D eigenvalue weighted by molar-refractivity contribution is 0.451. The van der Waals surface area contributed by atoms with Gasteiger partial charge in [-0.1, -0.05) is 0 Å². The minimum atomic E-state index is -5.09. The Morgan fingerprint density at radius 1 is 0.451 bits per heavy atom. The van der Waals surface area contributed by atoms with E-state index in [-0.39, 0.29) is 67.7 Å². The van der Waals surface area contributed by atoms with E-state index in [2.05, 4.69) is 51.1 Å². The Balaban J connectivity index is 1.05. The second-order valence-electron chi connectivity index (χ2n) is 15.7. The van der Waals surface area contributed by atoms with Gasteiger partial charge in [-0.15, -0.1) is 30.3 Å². The van der Waals surface area contributed by atoms with Crippen LogP contribution < -0.4 is 0 Å². The second kappa shape index (κ2) is 18.5. The van der Waals surface area contributed by atoms with Crippen LogP contribution >= 0.6 is 0 Å². The number of phenolic OH excluding ortho intramolecular Hbond substituents is 4. The van der Waals surface area contributed by atoms with Crippen LogP contribution in [0.15, 0.2) is 153 Å². The molecule has 1 aromatic heterocycles. The van der Waals surface area contributed by atoms with E-state index in [1.165, 1.54) is 43.3 Å². The Labute approximate surface area is 401 Å². The summed E-state index contributed by atoms with van der Waals surface area (Å²) in [7, 11) is -14.7. The molecule has 0 amide bonds. The molecule has 71 heavy (non-hydrogen) atoms. The number of fused-ring (bicyclic) bond motifs is 2. The van der Waals surface area contributed by atoms with Crippen LogP contribution in [0.1, 0.15) is 22.3 Å². The van der Waals surface area contributed by atoms with Gasteiger partial charge in [-0.25, -0.2) is 0 Å². The maximum atomic E-state index is 12.7. The SMILES string of the molecule is Cc1cc(N=Nc2cc(C)c(N=Nc3c(S(=O)(=O)O)cc4cc(N=Nc5ccc(O)cc5O)ccc4c3O)cc2S(=O)(=O)O)c(C)cc1N=Nc1cc2nn(-c3cc(S(=O)(=O)O)ccc3O)nc2cc1C. The summed E-state index contributed by atoms with van der Waals surface area (Å²) >= 11 is 0. The van der Waals surface area contributed by atoms with Gasteiger partial charge < -0.3 is 20.4 Å². The molecule has 0 saturated heterocycles. The van der Waals surface area contributed by atoms with Crippen molar-refractivity contribution in [1.82, 2.24) is 15.0 Å². The summed E-state index contributed by atoms with van der Waals surface area (Å²) in [5, 5.41) is 82.8. The largest absolute Gasteiger partial charge is 0.508 e. The minimum absolute atomic E-state index is 0.00850. The van der Waals surface area contributed by atoms with Crippen molar-refractivity contribution in [2.24, 2.45) is 40.9 Å². The number of aromatic hydroxyl groups is 4. The number of benzene rings is 7. The number of hydrogen-bond acceptors (Lipinski definition) is 20. The van der Waals surface area contributed by atoms with Gasteiger partial charge in [0.2, 0.25) is 0 Å². The van der Waals surface area contributed by atoms with E-state index in [1.54, 1.807) is 45.0 Å². The van der Waals surface area contributed by atoms with Crippen LogP contribution in [0.3, 0.4) is 0 Å². The molecule has 8 aromatic rings. The van der Waals surface area contributed by atoms with Crippen molar-refractivity contribution in [1.29, 1.82) is 0 Å². The van der Waals surface area contributed by atoms with Crippen molar-refractivity contribution < 1.29 is 59.3 Å². The molecule has 8 rings (SSSR count). The van der Waals surface area contributed by atoms with Gasteiger partial charge in [-0.2, -0.15) is 50.8 Å². The standard InChI is InChI=1S/C44H35N11O13S3/c1-21-12-32(22(2)11-31(21)47-49-33-19-36-35(13-23(33)3)53-55(54-36)38-18-28(69(60,61)62)7-10-39(38)57)48-51-37-14-24(4)34(20-41(37)70(63,64)65)50-52-43-42(71(66,67)68)16-25-15-26(5-8-29(25)44(43)59)45-46-30-9-6-27(56)17-40(30)58/h5-20,56-59H,1-4H3,(H,60,61,62)(H,63,64,65)(H,66,67,68). The van der Waals surface area contributed by atoms with E-state index in [4.69, 9.17) is 0 Å². The molecule has 27 heteroatoms. The van der Waals surface area contributed by atoms with Crippen molar-refractivity contribution >= 4 is 97.7 Å². The van der Waals surface area contributed by atoms with E-state index >= 15 is 0 Å². The summed E-state index contributed by atoms with van der Waals surface area (Å²) in [6.45, 7) is 6.63. The normalized spacial score (nSPS) is 12.8. The van der Waals surface area contributed by atoms with Crippen molar-refractivity contribution in [3.63, 3.8) is 0 Å². The zero-order valence-electron chi connectivity index (χ0n) is 37.0. The fraction of sp³-hybridized carbons (Fsp3) is 0.0909. The van der Waals surface area contributed by atoms with Crippen LogP contribution in [0.25, 0.3) is 27.5 Å². The van der Waals surface area contributed by atoms with E-state index in [0.717, 1.165) is 41.2 Å². The monoisotopic (exact) mass is 1020 g/mol. The van der Waals surface area contributed by atoms with Crippen molar-refractivity contribution in [2.75, 3.05) is 0 Å². The summed E-state index contributed by atoms with van der Waals surface area (Å²) < 4.78 is 104. The minimum Gasteiger partial charge on any atom is -0.508 e. The molecule has 7 aromatic carbocycles. The Morgan fingerprint density at radius 2 is 0.986 bits per heavy atom. The molecule has 0 radical (unpaired) electrons. The number of hydrogen-bond donors (Lipinski definition) is 7. The summed E-state index contributed by atoms with van der Waals surface area (Å²) in [6, 6.07) is 20.5. The molecule has 0 aliphatic rings. The van der Waals surface area contributed by atoms with Crippen molar-refractivity contribution in [2.45, 2.75) is 42.4 Å². The maximum Gasteiger partial charge on any atom is 0.296 e. The molecule has 0 unspecified atom stereocenters. The molecule has 24 nitrogen and oxygen atoms in total. The van der Waals surface area contributed by atoms with Gasteiger partial charge in [0.1, 0.15) is 60.8 Å². The van der Waals surface area contributed by atoms with Crippen LogP contribution in [0, 0.1) is 27.7 Å². The average Bonchev–Trinajstić information content (AvgIpc) is 3.69. The highest BCUT2D eigenvalue weighted by Crippen LogP contribution is 2.44. The highest BCUT2D eigenvalue weighted by Gasteiger charge is 2.24. The summed E-state index contributed by atoms with van der Waals surface area (Å²) in [4.78, 5) is -1.08. The first-order valence-corrected chi connectivity index (χ1v) is 24.5. The Bertz CT molecular complexity index is 4030. The predicted molar refractivity (Wildman–Crippen MR) is 254 cm³/mol. The van der Waals surface area contributed by atoms with E-state index < -0.39 is 56.5 Å². The van der Waals surface area contributed by atoms with Gasteiger partial charge in [-0.05, 0) is 146 Å². The lowest BCUT2D eigenvalue weighted by Crippen LogP contribution is -2.03. The smallest absolute Gasteiger partial charge is 0.296 e. The first-order chi connectivity index (χ1) is 33.3. The first-order valence-electron chi connectivity index (χ1n) is 20.2. The number of rotatable bonds is 12. The first kappa shape index (κ1) is 49.0. The van der Waals surface area contributed by atoms with Gasteiger partial charge in [0.15, 0.2) is 5.75 Å². The average molecular weight is 1020 g/mol. The molecule has 0 fully saturated rings. The summed E-state index contributed by atoms with van der Waals surface area (Å²) in [5.74, 6) is -1.64. The zero-order valence-corrected chi connectivity index (χ0v) is 39.4. The zero-order chi connectivity index (χ0) is 51.3. The third-order valence-electron chi connectivity index (χ3n) is 10.6. The summed E-state index contributed by atoms with van der Waals surface area (Å²) in [5.41, 5.74) is 2.60. The molecule has 1 heterocycles. The van der Waals surface area contributed by atoms with Crippen LogP contribution in [0.5, 0.6) is 23.0 Å². The van der Waals surface area contributed by atoms with Gasteiger partial charge in [-0.3, -0.25) is 13.7 Å². The number of azo groups is 4. The molecule has 0 aliphatic carbocycles. The van der Waals surface area contributed by atoms with Crippen LogP contribution in [-0.2, 0) is 30.4 Å². The van der Waals surface area contributed by atoms with E-state index in [0.29, 0.717) is 39.1 Å². The van der Waals surface area contributed by atoms with Crippen LogP contribution in [0.4, 0.5) is 45.5 Å². The topological polar surface area (TPSA) is 374 Å². The van der Waals surface area contributed by atoms with Crippen LogP contribution in [0.2, 0.25) is 0 Å². The molecule has 0 atom stereocenters. The van der Waals surface area contributed by atoms with E-state index in [1.807, 2.05) is 0 Å². The maximum absolute atomic E-state index is 12.7. The highest BCUT2D eigenvalue weighted by atomic mass is 32.2. The highest BCUT2D eigenvalue weighted by molar-refractivity contribution is 7.86. The van der Waals surface area contributed by atoms with Crippen molar-refractivity contribution in [3.8, 4) is 28.7 Å². The number of aryl methyl sites for hydroxylation is 4. The third kappa shape index (κ3) is 10.4. The van der Waals surface area contributed by atoms with Gasteiger partial charge in [0.25, 0.3) is 30.4 Å². The number of aromatic nitrogens is 3. The lowest BCUT2D eigenvalue weighted by atomic mass is 10.1. The molecule has 0 saturated carbocycles. The molecular weight excluding hydrogens is 987 g/mol. The fourth-order valence-electron chi connectivity index (χ4n) is 6.87. The predicted octanol–water partition coefficient (Wildman–Crippen LogP) is 11.0. The Hall–Kier alpha value is -8.47. The molecule has 0 bridgehead atoms. The molecular formula is C44H35N11O13S3. The lowest BCUT2D eigenvalue weighted by Gasteiger charge is -2.10. The number of phenols is 4. The van der Waals surface area contributed by atoms with E-state index in [9.17, 15) is 59.3 Å². The molecule has 0 aliphatic heterocycles. The van der Waals surface area contributed by atoms with Crippen LogP contribution in [-0.4, -0.2) is 74.3 Å². The molecule has 0 spiro atoms. The number of nitrogens with zero attached hydrogens (tertiary/aromatic N) is 11. The second-order valence-corrected chi connectivity index (χ2v) is 19.9. The summed E-state index contributed by atoms with van der Waals surface area (Å²) in [6.07, 6.45) is 0. The van der Waals surface area contributed by atoms with Gasteiger partial charge in [0.05, 0.1) is 33.3 Å². The third-order valence-corrected chi connectivity index (χ3v) is 13.2. The Kier molecular flexibility index (Phi) is 12.7. The quantitative estimate of drug-likeness (QED) is 0.0442. The molecule has 362 valence electrons. The molecule has 7 N–H and O–H groups in total. The fourth-order valence-corrected chi connectivity index (χ4v) is 8.66. The van der Waals surface area contributed by atoms with Gasteiger partial charge in [0, 0.05) is 11.5 Å². The van der Waals surface area contributed by atoms with Crippen molar-refractivity contribution in [3.05, 3.63) is 119 Å². The van der Waals surface area contributed by atoms with Gasteiger partial charge >= 0.3 is 0 Å². The Morgan fingerprint density at radius 3 is 1.59 bits per heavy atom.